The quantitative estimate of drug-likeness (QED) is 0.658. The second-order valence-corrected chi connectivity index (χ2v) is 6.15. The minimum atomic E-state index is -0.484. The van der Waals surface area contributed by atoms with E-state index in [9.17, 15) is 4.79 Å². The van der Waals surface area contributed by atoms with Crippen LogP contribution in [-0.4, -0.2) is 42.4 Å². The fraction of sp³-hybridized carbons (Fsp3) is 0.550. The van der Waals surface area contributed by atoms with Crippen LogP contribution in [-0.2, 0) is 9.53 Å². The van der Waals surface area contributed by atoms with Gasteiger partial charge >= 0.3 is 5.97 Å². The van der Waals surface area contributed by atoms with Crippen molar-refractivity contribution in [1.29, 1.82) is 0 Å². The first-order chi connectivity index (χ1) is 12.4. The van der Waals surface area contributed by atoms with Gasteiger partial charge in [0.25, 0.3) is 0 Å². The molecule has 0 saturated carbocycles. The Bertz CT molecular complexity index is 648. The number of anilines is 1. The summed E-state index contributed by atoms with van der Waals surface area (Å²) in [6.07, 6.45) is 2.56. The Hall–Kier alpha value is -2.37. The topological polar surface area (TPSA) is 80.8 Å². The summed E-state index contributed by atoms with van der Waals surface area (Å²) in [4.78, 5) is 23.3. The van der Waals surface area contributed by atoms with Crippen molar-refractivity contribution < 1.29 is 9.53 Å². The van der Waals surface area contributed by atoms with E-state index in [4.69, 9.17) is 10.5 Å². The van der Waals surface area contributed by atoms with Gasteiger partial charge in [0, 0.05) is 43.0 Å². The molecule has 1 aliphatic heterocycles. The summed E-state index contributed by atoms with van der Waals surface area (Å²) in [5.41, 5.74) is 8.98. The van der Waals surface area contributed by atoms with Gasteiger partial charge in [-0.2, -0.15) is 0 Å². The Balaban J connectivity index is 0.00000163. The number of nitrogens with zero attached hydrogens (tertiary/aromatic N) is 3. The molecule has 0 bridgehead atoms. The third-order valence-electron chi connectivity index (χ3n) is 3.77. The van der Waals surface area contributed by atoms with E-state index in [-0.39, 0.29) is 11.7 Å². The number of rotatable bonds is 4. The first-order valence-electron chi connectivity index (χ1n) is 9.32. The lowest BCUT2D eigenvalue weighted by atomic mass is 9.99. The van der Waals surface area contributed by atoms with Gasteiger partial charge in [-0.1, -0.05) is 19.9 Å². The Kier molecular flexibility index (Phi) is 8.82. The van der Waals surface area contributed by atoms with E-state index in [2.05, 4.69) is 14.9 Å². The van der Waals surface area contributed by atoms with Crippen molar-refractivity contribution in [1.82, 2.24) is 4.98 Å². The summed E-state index contributed by atoms with van der Waals surface area (Å²) in [6.45, 7) is 13.4. The molecule has 0 amide bonds. The van der Waals surface area contributed by atoms with E-state index in [0.717, 1.165) is 35.6 Å². The monoisotopic (exact) mass is 360 g/mol. The number of ether oxygens (including phenoxy) is 1. The highest BCUT2D eigenvalue weighted by Gasteiger charge is 2.26. The Morgan fingerprint density at radius 2 is 2.08 bits per heavy atom. The third kappa shape index (κ3) is 5.86. The molecule has 1 fully saturated rings. The number of aryl methyl sites for hydroxylation is 1. The molecule has 1 aliphatic rings. The highest BCUT2D eigenvalue weighted by molar-refractivity contribution is 6.08. The molecule has 1 aromatic heterocycles. The molecule has 1 saturated heterocycles. The molecule has 0 aliphatic carbocycles. The first-order valence-corrected chi connectivity index (χ1v) is 9.32. The number of piperidine rings is 1. The third-order valence-corrected chi connectivity index (χ3v) is 3.77. The molecule has 2 N–H and O–H groups in total. The van der Waals surface area contributed by atoms with Gasteiger partial charge in [0.2, 0.25) is 0 Å². The maximum absolute atomic E-state index is 12.1. The van der Waals surface area contributed by atoms with Crippen molar-refractivity contribution in [3.05, 3.63) is 35.2 Å². The molecule has 6 heteroatoms. The molecule has 0 spiro atoms. The fourth-order valence-corrected chi connectivity index (χ4v) is 2.62. The predicted molar refractivity (Wildman–Crippen MR) is 108 cm³/mol. The van der Waals surface area contributed by atoms with Crippen LogP contribution in [0.15, 0.2) is 34.6 Å². The van der Waals surface area contributed by atoms with Gasteiger partial charge in [-0.3, -0.25) is 4.99 Å². The van der Waals surface area contributed by atoms with E-state index in [0.29, 0.717) is 13.2 Å². The van der Waals surface area contributed by atoms with Crippen molar-refractivity contribution in [2.45, 2.75) is 54.0 Å². The summed E-state index contributed by atoms with van der Waals surface area (Å²) in [5, 5.41) is 0. The second-order valence-electron chi connectivity index (χ2n) is 6.15. The molecule has 6 nitrogen and oxygen atoms in total. The van der Waals surface area contributed by atoms with Gasteiger partial charge in [0.15, 0.2) is 0 Å². The summed E-state index contributed by atoms with van der Waals surface area (Å²) < 4.78 is 5.06. The number of hydrogen-bond acceptors (Lipinski definition) is 6. The minimum Gasteiger partial charge on any atom is -0.461 e. The highest BCUT2D eigenvalue weighted by Crippen LogP contribution is 2.22. The van der Waals surface area contributed by atoms with Crippen molar-refractivity contribution in [2.24, 2.45) is 10.7 Å². The molecule has 0 unspecified atom stereocenters. The number of esters is 1. The molecule has 0 atom stereocenters. The largest absolute Gasteiger partial charge is 0.461 e. The Morgan fingerprint density at radius 3 is 2.62 bits per heavy atom. The number of hydrogen-bond donors (Lipinski definition) is 1. The highest BCUT2D eigenvalue weighted by atomic mass is 16.5. The molecule has 2 heterocycles. The van der Waals surface area contributed by atoms with Crippen LogP contribution >= 0.6 is 0 Å². The van der Waals surface area contributed by atoms with Gasteiger partial charge in [0.1, 0.15) is 11.5 Å². The van der Waals surface area contributed by atoms with Crippen molar-refractivity contribution in [2.75, 3.05) is 24.6 Å². The number of nitrogens with two attached hydrogens (primary N) is 1. The molecule has 26 heavy (non-hydrogen) atoms. The summed E-state index contributed by atoms with van der Waals surface area (Å²) >= 11 is 0. The Labute approximate surface area is 157 Å². The van der Waals surface area contributed by atoms with E-state index < -0.39 is 5.97 Å². The SMILES string of the molecule is CC.CCOC(=O)/C(N)=C1\CN(c2ccc(C)cn2)CCC1=NC(C)C. The zero-order valence-electron chi connectivity index (χ0n) is 16.9. The van der Waals surface area contributed by atoms with Crippen molar-refractivity contribution in [3.63, 3.8) is 0 Å². The lowest BCUT2D eigenvalue weighted by Gasteiger charge is -2.31. The molecule has 2 rings (SSSR count). The van der Waals surface area contributed by atoms with Gasteiger partial charge in [-0.25, -0.2) is 9.78 Å². The number of carbonyl (C=O) groups is 1. The van der Waals surface area contributed by atoms with Crippen LogP contribution in [0.3, 0.4) is 0 Å². The number of aliphatic imine (C=N–C) groups is 1. The van der Waals surface area contributed by atoms with Crippen LogP contribution in [0.1, 0.15) is 46.6 Å². The van der Waals surface area contributed by atoms with Crippen molar-refractivity contribution in [3.8, 4) is 0 Å². The maximum Gasteiger partial charge on any atom is 0.354 e. The smallest absolute Gasteiger partial charge is 0.354 e. The zero-order valence-corrected chi connectivity index (χ0v) is 16.9. The summed E-state index contributed by atoms with van der Waals surface area (Å²) in [5.74, 6) is 0.390. The van der Waals surface area contributed by atoms with Gasteiger partial charge < -0.3 is 15.4 Å². The van der Waals surface area contributed by atoms with Crippen LogP contribution < -0.4 is 10.6 Å². The minimum absolute atomic E-state index is 0.146. The van der Waals surface area contributed by atoms with Crippen LogP contribution in [0.4, 0.5) is 5.82 Å². The van der Waals surface area contributed by atoms with Gasteiger partial charge in [-0.15, -0.1) is 0 Å². The summed E-state index contributed by atoms with van der Waals surface area (Å²) in [7, 11) is 0. The molecular weight excluding hydrogens is 328 g/mol. The van der Waals surface area contributed by atoms with Gasteiger partial charge in [0.05, 0.1) is 6.61 Å². The van der Waals surface area contributed by atoms with E-state index in [1.807, 2.05) is 52.9 Å². The summed E-state index contributed by atoms with van der Waals surface area (Å²) in [6, 6.07) is 4.16. The predicted octanol–water partition coefficient (Wildman–Crippen LogP) is 3.25. The molecule has 144 valence electrons. The number of aromatic nitrogens is 1. The molecule has 0 aromatic carbocycles. The van der Waals surface area contributed by atoms with Crippen molar-refractivity contribution >= 4 is 17.5 Å². The lowest BCUT2D eigenvalue weighted by Crippen LogP contribution is -2.39. The zero-order chi connectivity index (χ0) is 19.7. The van der Waals surface area contributed by atoms with E-state index in [1.54, 1.807) is 6.92 Å². The van der Waals surface area contributed by atoms with Gasteiger partial charge in [-0.05, 0) is 39.3 Å². The van der Waals surface area contributed by atoms with Crippen LogP contribution in [0.5, 0.6) is 0 Å². The molecule has 0 radical (unpaired) electrons. The number of pyridine rings is 1. The average Bonchev–Trinajstić information content (AvgIpc) is 2.63. The standard InChI is InChI=1S/C18H26N4O2.C2H6/c1-5-24-18(23)17(19)14-11-22(9-8-15(14)21-12(2)3)16-7-6-13(4)10-20-16;1-2/h6-7,10,12H,5,8-9,11,19H2,1-4H3;1-2H3/b17-14-,21-15?;. The fourth-order valence-electron chi connectivity index (χ4n) is 2.62. The first kappa shape index (κ1) is 21.7. The average molecular weight is 361 g/mol. The Morgan fingerprint density at radius 1 is 1.38 bits per heavy atom. The van der Waals surface area contributed by atoms with E-state index >= 15 is 0 Å². The second kappa shape index (κ2) is 10.6. The number of carbonyl (C=O) groups excluding carboxylic acids is 1. The van der Waals surface area contributed by atoms with Crippen LogP contribution in [0, 0.1) is 6.92 Å². The lowest BCUT2D eigenvalue weighted by molar-refractivity contribution is -0.138. The normalized spacial score (nSPS) is 17.7. The van der Waals surface area contributed by atoms with E-state index in [1.165, 1.54) is 0 Å². The maximum atomic E-state index is 12.1. The van der Waals surface area contributed by atoms with Crippen LogP contribution in [0.25, 0.3) is 0 Å². The van der Waals surface area contributed by atoms with Crippen LogP contribution in [0.2, 0.25) is 0 Å². The molecule has 1 aromatic rings. The molecular formula is C20H32N4O2.